The number of anilines is 1. The fraction of sp³-hybridized carbons (Fsp3) is 0.364. The Bertz CT molecular complexity index is 434. The number of phenolic OH excluding ortho intramolecular Hbond substituents is 1. The van der Waals surface area contributed by atoms with Crippen molar-refractivity contribution in [3.05, 3.63) is 22.7 Å². The van der Waals surface area contributed by atoms with Gasteiger partial charge in [0, 0.05) is 17.3 Å². The van der Waals surface area contributed by atoms with Gasteiger partial charge in [-0.3, -0.25) is 4.79 Å². The molecule has 0 fully saturated rings. The van der Waals surface area contributed by atoms with E-state index in [1.807, 2.05) is 6.92 Å². The van der Waals surface area contributed by atoms with E-state index in [2.05, 4.69) is 10.6 Å². The molecule has 1 aromatic rings. The largest absolute Gasteiger partial charge is 0.506 e. The van der Waals surface area contributed by atoms with Crippen LogP contribution in [0.2, 0.25) is 5.02 Å². The number of carbonyl (C=O) groups is 1. The zero-order chi connectivity index (χ0) is 11.7. The number of carbonyl (C=O) groups excluding carboxylic acids is 1. The number of nitrogens with one attached hydrogen (secondary N) is 2. The van der Waals surface area contributed by atoms with E-state index >= 15 is 0 Å². The van der Waals surface area contributed by atoms with Gasteiger partial charge in [0.05, 0.1) is 5.02 Å². The molecular weight excluding hydrogens is 228 g/mol. The molecule has 1 amide bonds. The molecular formula is C11H13ClN2O2. The van der Waals surface area contributed by atoms with Crippen molar-refractivity contribution in [2.75, 3.05) is 11.9 Å². The Labute approximate surface area is 98.6 Å². The molecule has 0 bridgehead atoms. The SMILES string of the molecule is CCCNC1C(=O)Nc2cc(O)c(Cl)cc21. The van der Waals surface area contributed by atoms with Crippen molar-refractivity contribution in [3.63, 3.8) is 0 Å². The molecule has 0 aromatic heterocycles. The van der Waals surface area contributed by atoms with Crippen molar-refractivity contribution < 1.29 is 9.90 Å². The lowest BCUT2D eigenvalue weighted by Crippen LogP contribution is -2.27. The van der Waals surface area contributed by atoms with Crippen LogP contribution in [0, 0.1) is 0 Å². The van der Waals surface area contributed by atoms with Gasteiger partial charge in [-0.2, -0.15) is 0 Å². The summed E-state index contributed by atoms with van der Waals surface area (Å²) in [4.78, 5) is 11.7. The first-order valence-electron chi connectivity index (χ1n) is 5.20. The van der Waals surface area contributed by atoms with E-state index in [1.165, 1.54) is 6.07 Å². The number of rotatable bonds is 3. The van der Waals surface area contributed by atoms with E-state index in [1.54, 1.807) is 6.07 Å². The molecule has 86 valence electrons. The first-order chi connectivity index (χ1) is 7.63. The molecule has 1 aromatic carbocycles. The standard InChI is InChI=1S/C11H13ClN2O2/c1-2-3-13-10-6-4-7(12)9(15)5-8(6)14-11(10)16/h4-5,10,13,15H,2-3H2,1H3,(H,14,16). The number of fused-ring (bicyclic) bond motifs is 1. The lowest BCUT2D eigenvalue weighted by atomic mass is 10.1. The van der Waals surface area contributed by atoms with Gasteiger partial charge in [-0.15, -0.1) is 0 Å². The Morgan fingerprint density at radius 3 is 3.00 bits per heavy atom. The second-order valence-electron chi connectivity index (χ2n) is 3.77. The van der Waals surface area contributed by atoms with Crippen LogP contribution in [0.5, 0.6) is 5.75 Å². The Morgan fingerprint density at radius 1 is 1.56 bits per heavy atom. The summed E-state index contributed by atoms with van der Waals surface area (Å²) in [6.07, 6.45) is 0.949. The molecule has 5 heteroatoms. The molecule has 1 aliphatic heterocycles. The Kier molecular flexibility index (Phi) is 3.03. The van der Waals surface area contributed by atoms with Crippen molar-refractivity contribution in [1.82, 2.24) is 5.32 Å². The highest BCUT2D eigenvalue weighted by atomic mass is 35.5. The number of halogens is 1. The van der Waals surface area contributed by atoms with Crippen LogP contribution in [0.15, 0.2) is 12.1 Å². The maximum atomic E-state index is 11.7. The quantitative estimate of drug-likeness (QED) is 0.758. The van der Waals surface area contributed by atoms with Crippen LogP contribution in [-0.4, -0.2) is 17.6 Å². The summed E-state index contributed by atoms with van der Waals surface area (Å²) in [6, 6.07) is 2.73. The van der Waals surface area contributed by atoms with Gasteiger partial charge in [0.25, 0.3) is 0 Å². The first-order valence-corrected chi connectivity index (χ1v) is 5.58. The molecule has 16 heavy (non-hydrogen) atoms. The third kappa shape index (κ3) is 1.86. The average molecular weight is 241 g/mol. The second kappa shape index (κ2) is 4.31. The molecule has 1 aliphatic rings. The molecule has 1 atom stereocenters. The van der Waals surface area contributed by atoms with Crippen LogP contribution < -0.4 is 10.6 Å². The third-order valence-electron chi connectivity index (χ3n) is 2.55. The normalized spacial score (nSPS) is 18.4. The number of phenols is 1. The van der Waals surface area contributed by atoms with Crippen molar-refractivity contribution in [2.24, 2.45) is 0 Å². The van der Waals surface area contributed by atoms with E-state index in [4.69, 9.17) is 11.6 Å². The molecule has 0 saturated carbocycles. The van der Waals surface area contributed by atoms with Gasteiger partial charge in [0.2, 0.25) is 5.91 Å². The topological polar surface area (TPSA) is 61.4 Å². The maximum Gasteiger partial charge on any atom is 0.246 e. The van der Waals surface area contributed by atoms with Gasteiger partial charge < -0.3 is 15.7 Å². The van der Waals surface area contributed by atoms with Crippen molar-refractivity contribution in [2.45, 2.75) is 19.4 Å². The van der Waals surface area contributed by atoms with Gasteiger partial charge in [-0.1, -0.05) is 18.5 Å². The minimum absolute atomic E-state index is 0.0168. The van der Waals surface area contributed by atoms with E-state index in [0.717, 1.165) is 18.5 Å². The van der Waals surface area contributed by atoms with Crippen LogP contribution in [0.4, 0.5) is 5.69 Å². The number of amides is 1. The predicted molar refractivity (Wildman–Crippen MR) is 62.8 cm³/mol. The van der Waals surface area contributed by atoms with Gasteiger partial charge in [-0.25, -0.2) is 0 Å². The van der Waals surface area contributed by atoms with Crippen LogP contribution in [-0.2, 0) is 4.79 Å². The highest BCUT2D eigenvalue weighted by molar-refractivity contribution is 6.32. The van der Waals surface area contributed by atoms with Gasteiger partial charge in [0.1, 0.15) is 11.8 Å². The molecule has 2 rings (SSSR count). The molecule has 0 spiro atoms. The zero-order valence-electron chi connectivity index (χ0n) is 8.88. The minimum atomic E-state index is -0.368. The number of hydrogen-bond donors (Lipinski definition) is 3. The van der Waals surface area contributed by atoms with Crippen molar-refractivity contribution in [1.29, 1.82) is 0 Å². The lowest BCUT2D eigenvalue weighted by Gasteiger charge is -2.10. The summed E-state index contributed by atoms with van der Waals surface area (Å²) in [5.74, 6) is -0.123. The second-order valence-corrected chi connectivity index (χ2v) is 4.17. The molecule has 1 unspecified atom stereocenters. The fourth-order valence-corrected chi connectivity index (χ4v) is 1.93. The summed E-state index contributed by atoms with van der Waals surface area (Å²) < 4.78 is 0. The van der Waals surface area contributed by atoms with E-state index in [9.17, 15) is 9.90 Å². The highest BCUT2D eigenvalue weighted by Gasteiger charge is 2.30. The molecule has 3 N–H and O–H groups in total. The fourth-order valence-electron chi connectivity index (χ4n) is 1.76. The smallest absolute Gasteiger partial charge is 0.246 e. The Balaban J connectivity index is 2.33. The van der Waals surface area contributed by atoms with Gasteiger partial charge >= 0.3 is 0 Å². The first kappa shape index (κ1) is 11.2. The molecule has 4 nitrogen and oxygen atoms in total. The van der Waals surface area contributed by atoms with Gasteiger partial charge in [-0.05, 0) is 19.0 Å². The van der Waals surface area contributed by atoms with Crippen molar-refractivity contribution in [3.8, 4) is 5.75 Å². The van der Waals surface area contributed by atoms with E-state index < -0.39 is 0 Å². The third-order valence-corrected chi connectivity index (χ3v) is 2.85. The summed E-state index contributed by atoms with van der Waals surface area (Å²) in [7, 11) is 0. The van der Waals surface area contributed by atoms with E-state index in [-0.39, 0.29) is 22.7 Å². The zero-order valence-corrected chi connectivity index (χ0v) is 9.64. The minimum Gasteiger partial charge on any atom is -0.506 e. The summed E-state index contributed by atoms with van der Waals surface area (Å²) in [5.41, 5.74) is 1.42. The van der Waals surface area contributed by atoms with E-state index in [0.29, 0.717) is 5.69 Å². The molecule has 0 saturated heterocycles. The van der Waals surface area contributed by atoms with Crippen LogP contribution in [0.3, 0.4) is 0 Å². The molecule has 0 radical (unpaired) electrons. The average Bonchev–Trinajstić information content (AvgIpc) is 2.52. The molecule has 1 heterocycles. The van der Waals surface area contributed by atoms with Crippen molar-refractivity contribution >= 4 is 23.2 Å². The van der Waals surface area contributed by atoms with Crippen LogP contribution in [0.1, 0.15) is 24.9 Å². The molecule has 0 aliphatic carbocycles. The number of hydrogen-bond acceptors (Lipinski definition) is 3. The number of benzene rings is 1. The summed E-state index contributed by atoms with van der Waals surface area (Å²) >= 11 is 5.82. The predicted octanol–water partition coefficient (Wildman–Crippen LogP) is 2.04. The summed E-state index contributed by atoms with van der Waals surface area (Å²) in [5, 5.41) is 15.5. The number of aromatic hydroxyl groups is 1. The van der Waals surface area contributed by atoms with Crippen LogP contribution >= 0.6 is 11.6 Å². The summed E-state index contributed by atoms with van der Waals surface area (Å²) in [6.45, 7) is 2.79. The monoisotopic (exact) mass is 240 g/mol. The Morgan fingerprint density at radius 2 is 2.31 bits per heavy atom. The maximum absolute atomic E-state index is 11.7. The van der Waals surface area contributed by atoms with Gasteiger partial charge in [0.15, 0.2) is 0 Å². The Hall–Kier alpha value is -1.26. The highest BCUT2D eigenvalue weighted by Crippen LogP contribution is 2.37. The van der Waals surface area contributed by atoms with Crippen LogP contribution in [0.25, 0.3) is 0 Å². The lowest BCUT2D eigenvalue weighted by molar-refractivity contribution is -0.117.